The molecule has 0 atom stereocenters. The number of hydrogen-bond donors (Lipinski definition) is 0. The molecule has 1 heteroatoms. The minimum atomic E-state index is 0.492. The number of nitrogens with zero attached hydrogens (tertiary/aromatic N) is 1. The normalized spacial score (nSPS) is 12.9. The molecule has 0 radical (unpaired) electrons. The summed E-state index contributed by atoms with van der Waals surface area (Å²) < 4.78 is 0. The van der Waals surface area contributed by atoms with Crippen molar-refractivity contribution in [1.29, 1.82) is 0 Å². The van der Waals surface area contributed by atoms with E-state index in [-0.39, 0.29) is 0 Å². The Balaban J connectivity index is 3.37. The van der Waals surface area contributed by atoms with Gasteiger partial charge in [-0.25, -0.2) is 0 Å². The molecule has 0 saturated carbocycles. The van der Waals surface area contributed by atoms with Crippen molar-refractivity contribution in [2.45, 2.75) is 53.4 Å². The van der Waals surface area contributed by atoms with Crippen molar-refractivity contribution in [2.75, 3.05) is 20.1 Å². The molecule has 0 aromatic carbocycles. The van der Waals surface area contributed by atoms with Gasteiger partial charge >= 0.3 is 0 Å². The quantitative estimate of drug-likeness (QED) is 0.452. The molecule has 15 heavy (non-hydrogen) atoms. The maximum Gasteiger partial charge on any atom is -0.00188 e. The van der Waals surface area contributed by atoms with E-state index in [1.54, 1.807) is 0 Å². The summed E-state index contributed by atoms with van der Waals surface area (Å²) >= 11 is 0. The third kappa shape index (κ3) is 11.6. The molecule has 0 spiro atoms. The maximum atomic E-state index is 2.45. The molecule has 0 aromatic rings. The summed E-state index contributed by atoms with van der Waals surface area (Å²) in [6.45, 7) is 11.5. The predicted molar refractivity (Wildman–Crippen MR) is 70.2 cm³/mol. The highest BCUT2D eigenvalue weighted by Gasteiger charge is 2.09. The second-order valence-electron chi connectivity index (χ2n) is 5.68. The summed E-state index contributed by atoms with van der Waals surface area (Å²) in [6.07, 6.45) is 9.55. The zero-order valence-electron chi connectivity index (χ0n) is 11.3. The second-order valence-corrected chi connectivity index (χ2v) is 5.68. The minimum Gasteiger partial charge on any atom is -0.306 e. The zero-order chi connectivity index (χ0) is 11.7. The van der Waals surface area contributed by atoms with Gasteiger partial charge in [-0.1, -0.05) is 32.9 Å². The van der Waals surface area contributed by atoms with Crippen LogP contribution < -0.4 is 0 Å². The Morgan fingerprint density at radius 2 is 1.67 bits per heavy atom. The predicted octanol–water partition coefficient (Wildman–Crippen LogP) is 4.10. The zero-order valence-corrected chi connectivity index (χ0v) is 11.3. The van der Waals surface area contributed by atoms with E-state index in [2.05, 4.69) is 51.8 Å². The average Bonchev–Trinajstić information content (AvgIpc) is 2.10. The number of unbranched alkanes of at least 4 members (excludes halogenated alkanes) is 1. The Kier molecular flexibility index (Phi) is 7.76. The molecular weight excluding hydrogens is 182 g/mol. The van der Waals surface area contributed by atoms with Crippen LogP contribution in [-0.2, 0) is 0 Å². The third-order valence-corrected chi connectivity index (χ3v) is 2.61. The molecule has 0 unspecified atom stereocenters. The van der Waals surface area contributed by atoms with Crippen LogP contribution >= 0.6 is 0 Å². The van der Waals surface area contributed by atoms with Gasteiger partial charge in [0.15, 0.2) is 0 Å². The molecule has 0 aromatic heterocycles. The Hall–Kier alpha value is -0.300. The molecule has 90 valence electrons. The van der Waals surface area contributed by atoms with E-state index in [4.69, 9.17) is 0 Å². The number of rotatable bonds is 7. The fourth-order valence-electron chi connectivity index (χ4n) is 1.64. The van der Waals surface area contributed by atoms with Gasteiger partial charge < -0.3 is 4.90 Å². The lowest BCUT2D eigenvalue weighted by molar-refractivity contribution is 0.286. The van der Waals surface area contributed by atoms with Crippen LogP contribution in [0.4, 0.5) is 0 Å². The highest BCUT2D eigenvalue weighted by Crippen LogP contribution is 2.20. The lowest BCUT2D eigenvalue weighted by atomic mass is 9.90. The highest BCUT2D eigenvalue weighted by atomic mass is 15.1. The van der Waals surface area contributed by atoms with Crippen molar-refractivity contribution in [3.63, 3.8) is 0 Å². The minimum absolute atomic E-state index is 0.492. The van der Waals surface area contributed by atoms with Gasteiger partial charge in [-0.3, -0.25) is 0 Å². The van der Waals surface area contributed by atoms with Crippen molar-refractivity contribution in [1.82, 2.24) is 4.90 Å². The van der Waals surface area contributed by atoms with Gasteiger partial charge in [-0.2, -0.15) is 0 Å². The van der Waals surface area contributed by atoms with Gasteiger partial charge in [-0.05, 0) is 58.2 Å². The van der Waals surface area contributed by atoms with Gasteiger partial charge in [0, 0.05) is 0 Å². The molecule has 0 aliphatic carbocycles. The van der Waals surface area contributed by atoms with Crippen LogP contribution in [0.2, 0.25) is 0 Å². The van der Waals surface area contributed by atoms with Crippen molar-refractivity contribution < 1.29 is 0 Å². The van der Waals surface area contributed by atoms with Crippen LogP contribution in [0.5, 0.6) is 0 Å². The van der Waals surface area contributed by atoms with E-state index in [0.717, 1.165) is 0 Å². The van der Waals surface area contributed by atoms with Crippen LogP contribution in [0.1, 0.15) is 53.4 Å². The van der Waals surface area contributed by atoms with Crippen LogP contribution in [0, 0.1) is 5.41 Å². The lowest BCUT2D eigenvalue weighted by Crippen LogP contribution is -2.22. The fraction of sp³-hybridized carbons (Fsp3) is 0.857. The SMILES string of the molecule is CC=CCCCN(C)CCCC(C)(C)C. The molecule has 0 aliphatic rings. The first-order valence-electron chi connectivity index (χ1n) is 6.25. The summed E-state index contributed by atoms with van der Waals surface area (Å²) in [4.78, 5) is 2.45. The summed E-state index contributed by atoms with van der Waals surface area (Å²) in [5.41, 5.74) is 0.492. The van der Waals surface area contributed by atoms with E-state index < -0.39 is 0 Å². The number of hydrogen-bond acceptors (Lipinski definition) is 1. The Morgan fingerprint density at radius 3 is 2.20 bits per heavy atom. The van der Waals surface area contributed by atoms with Crippen molar-refractivity contribution in [3.8, 4) is 0 Å². The smallest absolute Gasteiger partial charge is 0.00188 e. The fourth-order valence-corrected chi connectivity index (χ4v) is 1.64. The Morgan fingerprint density at radius 1 is 1.07 bits per heavy atom. The summed E-state index contributed by atoms with van der Waals surface area (Å²) in [6, 6.07) is 0. The van der Waals surface area contributed by atoms with Gasteiger partial charge in [0.2, 0.25) is 0 Å². The first-order valence-corrected chi connectivity index (χ1v) is 6.25. The average molecular weight is 211 g/mol. The van der Waals surface area contributed by atoms with Crippen LogP contribution in [0.25, 0.3) is 0 Å². The molecular formula is C14H29N. The molecule has 0 bridgehead atoms. The van der Waals surface area contributed by atoms with Gasteiger partial charge in [-0.15, -0.1) is 0 Å². The molecule has 0 fully saturated rings. The Labute approximate surface area is 96.6 Å². The van der Waals surface area contributed by atoms with E-state index in [1.807, 2.05) is 0 Å². The summed E-state index contributed by atoms with van der Waals surface area (Å²) in [5, 5.41) is 0. The van der Waals surface area contributed by atoms with Crippen LogP contribution in [-0.4, -0.2) is 25.0 Å². The molecule has 0 saturated heterocycles. The first kappa shape index (κ1) is 14.7. The van der Waals surface area contributed by atoms with E-state index in [9.17, 15) is 0 Å². The monoisotopic (exact) mass is 211 g/mol. The molecule has 0 amide bonds. The van der Waals surface area contributed by atoms with Crippen LogP contribution in [0.3, 0.4) is 0 Å². The van der Waals surface area contributed by atoms with Crippen molar-refractivity contribution in [3.05, 3.63) is 12.2 Å². The van der Waals surface area contributed by atoms with Gasteiger partial charge in [0.05, 0.1) is 0 Å². The topological polar surface area (TPSA) is 3.24 Å². The number of allylic oxidation sites excluding steroid dienone is 2. The molecule has 0 rings (SSSR count). The standard InChI is InChI=1S/C14H29N/c1-6-7-8-9-12-15(5)13-10-11-14(2,3)4/h6-7H,8-13H2,1-5H3. The molecule has 0 heterocycles. The van der Waals surface area contributed by atoms with Crippen molar-refractivity contribution >= 4 is 0 Å². The van der Waals surface area contributed by atoms with E-state index in [1.165, 1.54) is 38.8 Å². The lowest BCUT2D eigenvalue weighted by Gasteiger charge is -2.21. The van der Waals surface area contributed by atoms with Gasteiger partial charge in [0.1, 0.15) is 0 Å². The highest BCUT2D eigenvalue weighted by molar-refractivity contribution is 4.76. The molecule has 1 nitrogen and oxygen atoms in total. The second kappa shape index (κ2) is 7.92. The largest absolute Gasteiger partial charge is 0.306 e. The molecule has 0 aliphatic heterocycles. The van der Waals surface area contributed by atoms with E-state index in [0.29, 0.717) is 5.41 Å². The summed E-state index contributed by atoms with van der Waals surface area (Å²) in [5.74, 6) is 0. The molecule has 0 N–H and O–H groups in total. The summed E-state index contributed by atoms with van der Waals surface area (Å²) in [7, 11) is 2.23. The first-order chi connectivity index (χ1) is 6.95. The van der Waals surface area contributed by atoms with E-state index >= 15 is 0 Å². The third-order valence-electron chi connectivity index (χ3n) is 2.61. The Bertz CT molecular complexity index is 165. The van der Waals surface area contributed by atoms with Gasteiger partial charge in [0.25, 0.3) is 0 Å². The van der Waals surface area contributed by atoms with Crippen molar-refractivity contribution in [2.24, 2.45) is 5.41 Å². The van der Waals surface area contributed by atoms with Crippen LogP contribution in [0.15, 0.2) is 12.2 Å². The maximum absolute atomic E-state index is 2.45.